The topological polar surface area (TPSA) is 66.4 Å². The van der Waals surface area contributed by atoms with Crippen molar-refractivity contribution in [2.45, 2.75) is 44.6 Å². The van der Waals surface area contributed by atoms with E-state index in [0.717, 1.165) is 0 Å². The molecule has 16 heavy (non-hydrogen) atoms. The number of carbonyl (C=O) groups excluding carboxylic acids is 1. The Morgan fingerprint density at radius 1 is 1.31 bits per heavy atom. The second-order valence-electron chi connectivity index (χ2n) is 4.15. The van der Waals surface area contributed by atoms with Crippen LogP contribution in [0.15, 0.2) is 0 Å². The monoisotopic (exact) mass is 247 g/mol. The average molecular weight is 247 g/mol. The summed E-state index contributed by atoms with van der Waals surface area (Å²) in [6.07, 6.45) is 0.530. The van der Waals surface area contributed by atoms with Gasteiger partial charge in [0, 0.05) is 6.54 Å². The third-order valence-electron chi connectivity index (χ3n) is 2.07. The van der Waals surface area contributed by atoms with Crippen LogP contribution in [0.3, 0.4) is 0 Å². The van der Waals surface area contributed by atoms with Gasteiger partial charge in [-0.15, -0.1) is 11.8 Å². The Labute approximate surface area is 101 Å². The Bertz CT molecular complexity index is 243. The number of carbonyl (C=O) groups is 2. The number of aliphatic carboxylic acids is 1. The fraction of sp³-hybridized carbons (Fsp3) is 0.818. The van der Waals surface area contributed by atoms with Crippen LogP contribution in [0.4, 0.5) is 0 Å². The molecule has 2 atom stereocenters. The second-order valence-corrected chi connectivity index (χ2v) is 5.70. The molecule has 0 fully saturated rings. The van der Waals surface area contributed by atoms with Crippen molar-refractivity contribution in [3.8, 4) is 0 Å². The summed E-state index contributed by atoms with van der Waals surface area (Å²) in [5.74, 6) is -0.531. The molecule has 0 saturated heterocycles. The number of nitrogens with one attached hydrogen (secondary N) is 1. The molecule has 2 N–H and O–H groups in total. The van der Waals surface area contributed by atoms with Gasteiger partial charge in [0.15, 0.2) is 0 Å². The Morgan fingerprint density at radius 3 is 2.25 bits per heavy atom. The van der Waals surface area contributed by atoms with Gasteiger partial charge in [0.05, 0.1) is 5.25 Å². The number of hydrogen-bond donors (Lipinski definition) is 2. The molecule has 0 heterocycles. The van der Waals surface area contributed by atoms with Crippen LogP contribution in [0.2, 0.25) is 0 Å². The van der Waals surface area contributed by atoms with Crippen molar-refractivity contribution in [3.05, 3.63) is 0 Å². The van der Waals surface area contributed by atoms with Crippen LogP contribution < -0.4 is 5.32 Å². The van der Waals surface area contributed by atoms with Crippen LogP contribution >= 0.6 is 11.8 Å². The normalized spacial score (nSPS) is 14.6. The van der Waals surface area contributed by atoms with Gasteiger partial charge in [0.2, 0.25) is 5.91 Å². The molecule has 4 nitrogen and oxygen atoms in total. The summed E-state index contributed by atoms with van der Waals surface area (Å²) in [5, 5.41) is 10.8. The second kappa shape index (κ2) is 7.54. The van der Waals surface area contributed by atoms with Gasteiger partial charge in [0.25, 0.3) is 0 Å². The maximum absolute atomic E-state index is 11.6. The summed E-state index contributed by atoms with van der Waals surface area (Å²) in [7, 11) is 0. The van der Waals surface area contributed by atoms with Crippen molar-refractivity contribution in [1.82, 2.24) is 5.32 Å². The minimum absolute atomic E-state index is 0.0848. The predicted octanol–water partition coefficient (Wildman–Crippen LogP) is 1.74. The summed E-state index contributed by atoms with van der Waals surface area (Å²) < 4.78 is 0. The van der Waals surface area contributed by atoms with Crippen molar-refractivity contribution in [2.75, 3.05) is 6.54 Å². The quantitative estimate of drug-likeness (QED) is 0.719. The first kappa shape index (κ1) is 15.3. The lowest BCUT2D eigenvalue weighted by Gasteiger charge is -2.16. The standard InChI is InChI=1S/C11H21NO3S/c1-5-9(11(14)15)16-8(4)10(13)12-6-7(2)3/h7-9H,5-6H2,1-4H3,(H,12,13)(H,14,15). The van der Waals surface area contributed by atoms with E-state index in [1.165, 1.54) is 11.8 Å². The first-order chi connectivity index (χ1) is 7.38. The van der Waals surface area contributed by atoms with Crippen LogP contribution in [0.25, 0.3) is 0 Å². The molecule has 0 bridgehead atoms. The van der Waals surface area contributed by atoms with E-state index >= 15 is 0 Å². The van der Waals surface area contributed by atoms with Gasteiger partial charge < -0.3 is 10.4 Å². The minimum atomic E-state index is -0.851. The molecule has 5 heteroatoms. The number of hydrogen-bond acceptors (Lipinski definition) is 3. The molecule has 0 rings (SSSR count). The Hall–Kier alpha value is -0.710. The summed E-state index contributed by atoms with van der Waals surface area (Å²) >= 11 is 1.20. The molecule has 0 saturated carbocycles. The molecule has 0 aliphatic carbocycles. The molecule has 0 aromatic heterocycles. The highest BCUT2D eigenvalue weighted by Gasteiger charge is 2.23. The molecule has 2 unspecified atom stereocenters. The number of amides is 1. The number of thioether (sulfide) groups is 1. The lowest BCUT2D eigenvalue weighted by atomic mass is 10.2. The van der Waals surface area contributed by atoms with Crippen molar-refractivity contribution < 1.29 is 14.7 Å². The molecule has 0 aliphatic heterocycles. The van der Waals surface area contributed by atoms with Crippen LogP contribution in [0.5, 0.6) is 0 Å². The first-order valence-corrected chi connectivity index (χ1v) is 6.48. The van der Waals surface area contributed by atoms with Gasteiger partial charge in [-0.25, -0.2) is 0 Å². The molecule has 0 aliphatic rings. The summed E-state index contributed by atoms with van der Waals surface area (Å²) in [6.45, 7) is 8.22. The Morgan fingerprint density at radius 2 is 1.88 bits per heavy atom. The maximum atomic E-state index is 11.6. The van der Waals surface area contributed by atoms with Crippen molar-refractivity contribution >= 4 is 23.6 Å². The summed E-state index contributed by atoms with van der Waals surface area (Å²) in [5.41, 5.74) is 0. The van der Waals surface area contributed by atoms with E-state index in [0.29, 0.717) is 18.9 Å². The third kappa shape index (κ3) is 6.00. The molecule has 1 amide bonds. The third-order valence-corrected chi connectivity index (χ3v) is 3.55. The van der Waals surface area contributed by atoms with Crippen LogP contribution in [-0.4, -0.2) is 34.0 Å². The molecule has 0 radical (unpaired) electrons. The zero-order chi connectivity index (χ0) is 12.7. The van der Waals surface area contributed by atoms with E-state index in [1.807, 2.05) is 20.8 Å². The van der Waals surface area contributed by atoms with E-state index in [-0.39, 0.29) is 11.2 Å². The van der Waals surface area contributed by atoms with E-state index in [4.69, 9.17) is 5.11 Å². The van der Waals surface area contributed by atoms with Crippen LogP contribution in [0.1, 0.15) is 34.1 Å². The van der Waals surface area contributed by atoms with Gasteiger partial charge in [0.1, 0.15) is 5.25 Å². The highest BCUT2D eigenvalue weighted by atomic mass is 32.2. The van der Waals surface area contributed by atoms with E-state index < -0.39 is 11.2 Å². The highest BCUT2D eigenvalue weighted by Crippen LogP contribution is 2.20. The number of carboxylic acids is 1. The Balaban J connectivity index is 4.08. The van der Waals surface area contributed by atoms with E-state index in [9.17, 15) is 9.59 Å². The molecular formula is C11H21NO3S. The average Bonchev–Trinajstić information content (AvgIpc) is 2.21. The van der Waals surface area contributed by atoms with Gasteiger partial charge >= 0.3 is 5.97 Å². The van der Waals surface area contributed by atoms with Crippen LogP contribution in [-0.2, 0) is 9.59 Å². The van der Waals surface area contributed by atoms with Crippen molar-refractivity contribution in [2.24, 2.45) is 5.92 Å². The fourth-order valence-corrected chi connectivity index (χ4v) is 2.09. The lowest BCUT2D eigenvalue weighted by Crippen LogP contribution is -2.35. The molecule has 94 valence electrons. The molecule has 0 spiro atoms. The minimum Gasteiger partial charge on any atom is -0.480 e. The molecule has 0 aromatic carbocycles. The molecular weight excluding hydrogens is 226 g/mol. The fourth-order valence-electron chi connectivity index (χ4n) is 1.09. The van der Waals surface area contributed by atoms with Gasteiger partial charge in [-0.05, 0) is 19.3 Å². The number of rotatable bonds is 7. The van der Waals surface area contributed by atoms with Crippen molar-refractivity contribution in [1.29, 1.82) is 0 Å². The number of carboxylic acid groups (broad SMARTS) is 1. The SMILES string of the molecule is CCC(SC(C)C(=O)NCC(C)C)C(=O)O. The predicted molar refractivity (Wildman–Crippen MR) is 66.6 cm³/mol. The van der Waals surface area contributed by atoms with Gasteiger partial charge in [-0.2, -0.15) is 0 Å². The smallest absolute Gasteiger partial charge is 0.316 e. The van der Waals surface area contributed by atoms with E-state index in [2.05, 4.69) is 5.32 Å². The zero-order valence-electron chi connectivity index (χ0n) is 10.3. The highest BCUT2D eigenvalue weighted by molar-refractivity contribution is 8.01. The van der Waals surface area contributed by atoms with E-state index in [1.54, 1.807) is 6.92 Å². The summed E-state index contributed by atoms with van der Waals surface area (Å²) in [6, 6.07) is 0. The lowest BCUT2D eigenvalue weighted by molar-refractivity contribution is -0.136. The van der Waals surface area contributed by atoms with Crippen LogP contribution in [0, 0.1) is 5.92 Å². The first-order valence-electron chi connectivity index (χ1n) is 5.54. The Kier molecular flexibility index (Phi) is 7.21. The van der Waals surface area contributed by atoms with Crippen molar-refractivity contribution in [3.63, 3.8) is 0 Å². The summed E-state index contributed by atoms with van der Waals surface area (Å²) in [4.78, 5) is 22.4. The van der Waals surface area contributed by atoms with Gasteiger partial charge in [-0.1, -0.05) is 20.8 Å². The molecule has 0 aromatic rings. The van der Waals surface area contributed by atoms with Gasteiger partial charge in [-0.3, -0.25) is 9.59 Å². The zero-order valence-corrected chi connectivity index (χ0v) is 11.1. The largest absolute Gasteiger partial charge is 0.480 e. The maximum Gasteiger partial charge on any atom is 0.316 e.